The average molecular weight is 905 g/mol. The molecule has 0 N–H and O–H groups in total. The zero-order chi connectivity index (χ0) is 39.9. The molecule has 2 aliphatic rings. The van der Waals surface area contributed by atoms with E-state index < -0.39 is 23.1 Å². The molecule has 59 heavy (non-hydrogen) atoms. The predicted molar refractivity (Wildman–Crippen MR) is 244 cm³/mol. The molecule has 0 fully saturated rings. The zero-order valence-corrected chi connectivity index (χ0v) is 35.4. The van der Waals surface area contributed by atoms with Crippen LogP contribution in [0.15, 0.2) is 218 Å². The number of fused-ring (bicyclic) bond motifs is 4. The molecule has 1 radical (unpaired) electrons. The van der Waals surface area contributed by atoms with Crippen LogP contribution in [0.4, 0.5) is 17.3 Å². The number of benzene rings is 8. The van der Waals surface area contributed by atoms with Gasteiger partial charge in [0.1, 0.15) is 0 Å². The Labute approximate surface area is 359 Å². The molecule has 8 aromatic carbocycles. The van der Waals surface area contributed by atoms with Crippen LogP contribution in [0.1, 0.15) is 6.42 Å². The second kappa shape index (κ2) is 19.4. The molecule has 8 aromatic rings. The van der Waals surface area contributed by atoms with Gasteiger partial charge in [0.15, 0.2) is 0 Å². The molecule has 0 nitrogen and oxygen atoms in total. The van der Waals surface area contributed by atoms with Crippen LogP contribution in [0, 0.1) is 11.8 Å². The minimum absolute atomic E-state index is 0. The molecule has 0 atom stereocenters. The first-order valence-electron chi connectivity index (χ1n) is 19.4. The van der Waals surface area contributed by atoms with Crippen LogP contribution < -0.4 is 31.8 Å². The molecule has 0 aromatic heterocycles. The van der Waals surface area contributed by atoms with Gasteiger partial charge in [-0.3, -0.25) is 0 Å². The molecule has 0 heterocycles. The van der Waals surface area contributed by atoms with Crippen molar-refractivity contribution >= 4 is 76.5 Å². The summed E-state index contributed by atoms with van der Waals surface area (Å²) in [4.78, 5) is 0. The molecule has 8 heteroatoms. The third-order valence-corrected chi connectivity index (χ3v) is 15.3. The third kappa shape index (κ3) is 10.1. The van der Waals surface area contributed by atoms with Crippen LogP contribution in [-0.4, -0.2) is 7.25 Å². The van der Waals surface area contributed by atoms with E-state index in [0.717, 1.165) is 11.8 Å². The first-order chi connectivity index (χ1) is 28.3. The van der Waals surface area contributed by atoms with Crippen LogP contribution >= 0.6 is 15.8 Å². The molecular formula is C51H40BF4P2Rh-. The fraction of sp³-hybridized carbons (Fsp3) is 0.0588. The van der Waals surface area contributed by atoms with Gasteiger partial charge in [-0.25, -0.2) is 0 Å². The van der Waals surface area contributed by atoms with E-state index in [0.29, 0.717) is 0 Å². The quantitative estimate of drug-likeness (QED) is 0.0647. The van der Waals surface area contributed by atoms with E-state index in [2.05, 4.69) is 218 Å². The smallest absolute Gasteiger partial charge is 0.418 e. The van der Waals surface area contributed by atoms with Gasteiger partial charge >= 0.3 is 7.25 Å². The topological polar surface area (TPSA) is 0 Å². The van der Waals surface area contributed by atoms with Crippen molar-refractivity contribution in [2.75, 3.05) is 0 Å². The van der Waals surface area contributed by atoms with E-state index in [1.165, 1.54) is 70.9 Å². The molecule has 10 rings (SSSR count). The van der Waals surface area contributed by atoms with Gasteiger partial charge in [0.05, 0.1) is 0 Å². The van der Waals surface area contributed by atoms with Crippen molar-refractivity contribution in [3.8, 4) is 11.1 Å². The van der Waals surface area contributed by atoms with Crippen LogP contribution in [-0.2, 0) is 19.5 Å². The molecule has 0 aliphatic heterocycles. The Hall–Kier alpha value is -4.97. The fourth-order valence-electron chi connectivity index (χ4n) is 7.91. The third-order valence-electron chi connectivity index (χ3n) is 10.4. The van der Waals surface area contributed by atoms with Gasteiger partial charge in [0.25, 0.3) is 0 Å². The molecule has 0 spiro atoms. The summed E-state index contributed by atoms with van der Waals surface area (Å²) in [5, 5.41) is 13.3. The Balaban J connectivity index is 0.000000350. The van der Waals surface area contributed by atoms with Gasteiger partial charge in [-0.1, -0.05) is 218 Å². The number of hydrogen-bond donors (Lipinski definition) is 0. The summed E-state index contributed by atoms with van der Waals surface area (Å²) < 4.78 is 39.0. The van der Waals surface area contributed by atoms with Crippen molar-refractivity contribution in [1.29, 1.82) is 0 Å². The fourth-order valence-corrected chi connectivity index (χ4v) is 12.9. The summed E-state index contributed by atoms with van der Waals surface area (Å²) >= 11 is 0. The van der Waals surface area contributed by atoms with Gasteiger partial charge in [-0.15, -0.1) is 0 Å². The summed E-state index contributed by atoms with van der Waals surface area (Å²) in [6, 6.07) is 71.8. The zero-order valence-electron chi connectivity index (χ0n) is 32.0. The Kier molecular flexibility index (Phi) is 13.9. The van der Waals surface area contributed by atoms with E-state index >= 15 is 0 Å². The van der Waals surface area contributed by atoms with E-state index in [1.54, 1.807) is 0 Å². The van der Waals surface area contributed by atoms with Gasteiger partial charge in [-0.05, 0) is 98.6 Å². The predicted octanol–water partition coefficient (Wildman–Crippen LogP) is 12.2. The van der Waals surface area contributed by atoms with Crippen LogP contribution in [0.3, 0.4) is 0 Å². The minimum Gasteiger partial charge on any atom is -0.418 e. The van der Waals surface area contributed by atoms with E-state index in [9.17, 15) is 17.3 Å². The van der Waals surface area contributed by atoms with Crippen LogP contribution in [0.5, 0.6) is 0 Å². The summed E-state index contributed by atoms with van der Waals surface area (Å²) in [7, 11) is -7.70. The van der Waals surface area contributed by atoms with Crippen molar-refractivity contribution in [2.45, 2.75) is 6.42 Å². The molecule has 295 valence electrons. The van der Waals surface area contributed by atoms with Crippen molar-refractivity contribution in [1.82, 2.24) is 0 Å². The first-order valence-corrected chi connectivity index (χ1v) is 22.1. The SMILES string of the molecule is C1=CC2C=CC1C2.F[B-](F)(F)F.[Rh].c1ccc(P(c2ccccc2)c2ccc3ccccc3c2-c2c(P(c3ccccc3)c3ccccc3)ccc3ccccc23)cc1. The molecule has 2 bridgehead atoms. The van der Waals surface area contributed by atoms with Crippen LogP contribution in [0.25, 0.3) is 32.7 Å². The molecular weight excluding hydrogens is 864 g/mol. The van der Waals surface area contributed by atoms with Crippen molar-refractivity contribution in [3.05, 3.63) is 218 Å². The summed E-state index contributed by atoms with van der Waals surface area (Å²) in [6.45, 7) is 0. The normalized spacial score (nSPS) is 15.1. The van der Waals surface area contributed by atoms with E-state index in [1.807, 2.05) is 0 Å². The van der Waals surface area contributed by atoms with Gasteiger partial charge in [0.2, 0.25) is 0 Å². The van der Waals surface area contributed by atoms with Gasteiger partial charge in [0, 0.05) is 19.5 Å². The van der Waals surface area contributed by atoms with Crippen molar-refractivity contribution in [2.24, 2.45) is 11.8 Å². The molecule has 0 amide bonds. The maximum absolute atomic E-state index is 9.75. The minimum atomic E-state index is -6.00. The second-order valence-electron chi connectivity index (χ2n) is 14.2. The molecule has 0 saturated carbocycles. The van der Waals surface area contributed by atoms with Crippen molar-refractivity contribution < 1.29 is 36.7 Å². The monoisotopic (exact) mass is 904 g/mol. The maximum Gasteiger partial charge on any atom is 0.673 e. The number of hydrogen-bond acceptors (Lipinski definition) is 0. The number of rotatable bonds is 7. The molecule has 0 unspecified atom stereocenters. The van der Waals surface area contributed by atoms with Gasteiger partial charge < -0.3 is 17.3 Å². The Morgan fingerprint density at radius 3 is 0.898 bits per heavy atom. The molecule has 2 aliphatic carbocycles. The number of allylic oxidation sites excluding steroid dienone is 4. The van der Waals surface area contributed by atoms with E-state index in [4.69, 9.17) is 0 Å². The maximum atomic E-state index is 9.75. The average Bonchev–Trinajstić information content (AvgIpc) is 3.92. The number of halogens is 4. The largest absolute Gasteiger partial charge is 0.673 e. The molecule has 0 saturated heterocycles. The summed E-state index contributed by atoms with van der Waals surface area (Å²) in [5.41, 5.74) is 2.70. The van der Waals surface area contributed by atoms with E-state index in [-0.39, 0.29) is 19.5 Å². The van der Waals surface area contributed by atoms with Gasteiger partial charge in [-0.2, -0.15) is 0 Å². The van der Waals surface area contributed by atoms with Crippen molar-refractivity contribution in [3.63, 3.8) is 0 Å². The Morgan fingerprint density at radius 1 is 0.356 bits per heavy atom. The Morgan fingerprint density at radius 2 is 0.627 bits per heavy atom. The summed E-state index contributed by atoms with van der Waals surface area (Å²) in [5.74, 6) is 1.62. The van der Waals surface area contributed by atoms with Crippen LogP contribution in [0.2, 0.25) is 0 Å². The Bertz CT molecular complexity index is 2400. The standard InChI is InChI=1S/C44H32P2.C7H8.BF4.Rh/c1-5-19-35(20-6-1)45(36-21-7-2-8-22-36)41-31-29-33-17-13-15-27-39(33)43(41)44-40-28-16-14-18-34(40)30-32-42(44)46(37-23-9-3-10-24-37)38-25-11-4-12-26-38;1-2-7-4-3-6(1)5-7;2-1(3,4)5;/h1-32H;1-4,6-7H,5H2;;/q;;-1;. The summed E-state index contributed by atoms with van der Waals surface area (Å²) in [6.07, 6.45) is 10.5. The second-order valence-corrected chi connectivity index (χ2v) is 18.6. The first kappa shape index (κ1) is 42.2.